The summed E-state index contributed by atoms with van der Waals surface area (Å²) in [5.74, 6) is 2.04. The van der Waals surface area contributed by atoms with Crippen molar-refractivity contribution in [3.05, 3.63) is 54.8 Å². The smallest absolute Gasteiger partial charge is 0.273 e. The Morgan fingerprint density at radius 3 is 2.83 bits per heavy atom. The normalized spacial score (nSPS) is 22.8. The monoisotopic (exact) mass is 403 g/mol. The largest absolute Gasteiger partial charge is 0.332 e. The van der Waals surface area contributed by atoms with Gasteiger partial charge in [0.1, 0.15) is 5.69 Å². The highest BCUT2D eigenvalue weighted by Crippen LogP contribution is 2.47. The van der Waals surface area contributed by atoms with Crippen molar-refractivity contribution in [2.75, 3.05) is 13.1 Å². The van der Waals surface area contributed by atoms with Crippen LogP contribution >= 0.6 is 0 Å². The van der Waals surface area contributed by atoms with Crippen LogP contribution in [0.3, 0.4) is 0 Å². The number of carbonyl (C=O) groups excluding carboxylic acids is 1. The average molecular weight is 403 g/mol. The van der Waals surface area contributed by atoms with Crippen LogP contribution in [0.25, 0.3) is 11.4 Å². The SMILES string of the molecule is C=CNC(N=C)=NCC1CC2CC2CN1C(=O)c1nc(C)ccc1-c1ncccn1. The summed E-state index contributed by atoms with van der Waals surface area (Å²) in [6.07, 6.45) is 6.94. The van der Waals surface area contributed by atoms with Crippen LogP contribution in [-0.4, -0.2) is 57.6 Å². The van der Waals surface area contributed by atoms with Crippen LogP contribution in [0.2, 0.25) is 0 Å². The molecule has 4 rings (SSSR count). The Bertz CT molecular complexity index is 988. The molecule has 154 valence electrons. The van der Waals surface area contributed by atoms with E-state index in [0.717, 1.165) is 25.1 Å². The van der Waals surface area contributed by atoms with Crippen molar-refractivity contribution in [2.24, 2.45) is 21.8 Å². The molecule has 1 aliphatic heterocycles. The third-order valence-corrected chi connectivity index (χ3v) is 5.65. The molecular weight excluding hydrogens is 378 g/mol. The lowest BCUT2D eigenvalue weighted by Crippen LogP contribution is -2.47. The lowest BCUT2D eigenvalue weighted by atomic mass is 10.0. The lowest BCUT2D eigenvalue weighted by molar-refractivity contribution is 0.0606. The van der Waals surface area contributed by atoms with Gasteiger partial charge in [-0.1, -0.05) is 6.58 Å². The van der Waals surface area contributed by atoms with Crippen molar-refractivity contribution in [2.45, 2.75) is 25.8 Å². The van der Waals surface area contributed by atoms with Crippen LogP contribution in [-0.2, 0) is 0 Å². The van der Waals surface area contributed by atoms with Crippen molar-refractivity contribution in [1.29, 1.82) is 0 Å². The minimum atomic E-state index is -0.100. The van der Waals surface area contributed by atoms with Gasteiger partial charge in [-0.3, -0.25) is 4.79 Å². The second kappa shape index (κ2) is 8.52. The number of amides is 1. The Labute approximate surface area is 175 Å². The van der Waals surface area contributed by atoms with E-state index in [-0.39, 0.29) is 11.9 Å². The van der Waals surface area contributed by atoms with E-state index >= 15 is 0 Å². The molecule has 8 heteroatoms. The fourth-order valence-electron chi connectivity index (χ4n) is 4.02. The maximum atomic E-state index is 13.7. The maximum absolute atomic E-state index is 13.7. The van der Waals surface area contributed by atoms with Gasteiger partial charge >= 0.3 is 0 Å². The molecule has 0 aromatic carbocycles. The molecule has 3 heterocycles. The van der Waals surface area contributed by atoms with Gasteiger partial charge in [0.25, 0.3) is 5.91 Å². The summed E-state index contributed by atoms with van der Waals surface area (Å²) in [6, 6.07) is 5.48. The van der Waals surface area contributed by atoms with Crippen molar-refractivity contribution in [3.8, 4) is 11.4 Å². The molecule has 3 atom stereocenters. The van der Waals surface area contributed by atoms with Crippen molar-refractivity contribution in [1.82, 2.24) is 25.2 Å². The molecule has 2 aromatic heterocycles. The zero-order valence-electron chi connectivity index (χ0n) is 17.0. The Morgan fingerprint density at radius 2 is 2.10 bits per heavy atom. The van der Waals surface area contributed by atoms with Gasteiger partial charge in [0.15, 0.2) is 5.82 Å². The topological polar surface area (TPSA) is 95.7 Å². The van der Waals surface area contributed by atoms with Crippen LogP contribution in [0.1, 0.15) is 29.0 Å². The molecule has 0 bridgehead atoms. The minimum absolute atomic E-state index is 0.0172. The Morgan fingerprint density at radius 1 is 1.30 bits per heavy atom. The molecule has 2 fully saturated rings. The number of aliphatic imine (C=N–C) groups is 2. The minimum Gasteiger partial charge on any atom is -0.332 e. The highest BCUT2D eigenvalue weighted by molar-refractivity contribution is 5.98. The number of guanidine groups is 1. The maximum Gasteiger partial charge on any atom is 0.273 e. The first-order valence-electron chi connectivity index (χ1n) is 10.0. The summed E-state index contributed by atoms with van der Waals surface area (Å²) in [5, 5.41) is 2.86. The van der Waals surface area contributed by atoms with E-state index in [1.807, 2.05) is 24.0 Å². The summed E-state index contributed by atoms with van der Waals surface area (Å²) < 4.78 is 0. The summed E-state index contributed by atoms with van der Waals surface area (Å²) in [7, 11) is 0. The van der Waals surface area contributed by atoms with Crippen LogP contribution in [0.5, 0.6) is 0 Å². The van der Waals surface area contributed by atoms with Gasteiger partial charge in [0.2, 0.25) is 5.96 Å². The number of carbonyl (C=O) groups is 1. The zero-order chi connectivity index (χ0) is 21.1. The van der Waals surface area contributed by atoms with Gasteiger partial charge in [0.05, 0.1) is 18.2 Å². The molecule has 8 nitrogen and oxygen atoms in total. The first-order valence-corrected chi connectivity index (χ1v) is 10.0. The zero-order valence-corrected chi connectivity index (χ0v) is 17.0. The number of hydrogen-bond acceptors (Lipinski definition) is 5. The average Bonchev–Trinajstić information content (AvgIpc) is 3.54. The Balaban J connectivity index is 1.64. The van der Waals surface area contributed by atoms with E-state index in [4.69, 9.17) is 0 Å². The number of nitrogens with zero attached hydrogens (tertiary/aromatic N) is 6. The summed E-state index contributed by atoms with van der Waals surface area (Å²) in [6.45, 7) is 10.2. The summed E-state index contributed by atoms with van der Waals surface area (Å²) >= 11 is 0. The first-order chi connectivity index (χ1) is 14.6. The lowest BCUT2D eigenvalue weighted by Gasteiger charge is -2.34. The molecule has 1 saturated carbocycles. The van der Waals surface area contributed by atoms with Crippen LogP contribution in [0.4, 0.5) is 0 Å². The van der Waals surface area contributed by atoms with Crippen molar-refractivity contribution in [3.63, 3.8) is 0 Å². The van der Waals surface area contributed by atoms with Gasteiger partial charge in [-0.25, -0.2) is 24.9 Å². The van der Waals surface area contributed by atoms with E-state index < -0.39 is 0 Å². The van der Waals surface area contributed by atoms with Gasteiger partial charge in [-0.15, -0.1) is 0 Å². The number of likely N-dealkylation sites (tertiary alicyclic amines) is 1. The van der Waals surface area contributed by atoms with Crippen LogP contribution < -0.4 is 5.32 Å². The highest BCUT2D eigenvalue weighted by atomic mass is 16.2. The molecule has 0 radical (unpaired) electrons. The van der Waals surface area contributed by atoms with E-state index in [2.05, 4.69) is 43.5 Å². The number of hydrogen-bond donors (Lipinski definition) is 1. The number of aromatic nitrogens is 3. The molecule has 1 amide bonds. The number of pyridine rings is 1. The Kier molecular flexibility index (Phi) is 5.65. The molecule has 30 heavy (non-hydrogen) atoms. The molecule has 0 spiro atoms. The predicted molar refractivity (Wildman–Crippen MR) is 116 cm³/mol. The Hall–Kier alpha value is -3.42. The number of fused-ring (bicyclic) bond motifs is 1. The summed E-state index contributed by atoms with van der Waals surface area (Å²) in [5.41, 5.74) is 1.82. The molecule has 1 saturated heterocycles. The molecule has 1 aliphatic carbocycles. The molecular formula is C22H25N7O. The van der Waals surface area contributed by atoms with E-state index in [1.165, 1.54) is 6.20 Å². The molecule has 3 unspecified atom stereocenters. The van der Waals surface area contributed by atoms with Crippen molar-refractivity contribution >= 4 is 18.6 Å². The molecule has 2 aliphatic rings. The van der Waals surface area contributed by atoms with Crippen LogP contribution in [0.15, 0.2) is 53.4 Å². The van der Waals surface area contributed by atoms with Gasteiger partial charge in [-0.2, -0.15) is 0 Å². The first kappa shape index (κ1) is 19.9. The van der Waals surface area contributed by atoms with Gasteiger partial charge < -0.3 is 10.2 Å². The fraction of sp³-hybridized carbons (Fsp3) is 0.364. The quantitative estimate of drug-likeness (QED) is 0.611. The number of nitrogens with one attached hydrogen (secondary N) is 1. The predicted octanol–water partition coefficient (Wildman–Crippen LogP) is 2.49. The second-order valence-electron chi connectivity index (χ2n) is 7.69. The van der Waals surface area contributed by atoms with Crippen molar-refractivity contribution < 1.29 is 4.79 Å². The van der Waals surface area contributed by atoms with E-state index in [0.29, 0.717) is 41.4 Å². The van der Waals surface area contributed by atoms with Crippen LogP contribution in [0, 0.1) is 18.8 Å². The third-order valence-electron chi connectivity index (χ3n) is 5.65. The molecule has 1 N–H and O–H groups in total. The summed E-state index contributed by atoms with van der Waals surface area (Å²) in [4.78, 5) is 37.2. The number of rotatable bonds is 5. The number of piperidine rings is 1. The second-order valence-corrected chi connectivity index (χ2v) is 7.69. The van der Waals surface area contributed by atoms with E-state index in [9.17, 15) is 4.79 Å². The molecule has 2 aromatic rings. The number of aryl methyl sites for hydroxylation is 1. The van der Waals surface area contributed by atoms with Gasteiger partial charge in [0, 0.05) is 24.6 Å². The standard InChI is InChI=1S/C22H25N7O/c1-4-24-22(23-3)27-12-17-11-15-10-16(15)13-29(17)21(30)19-18(7-6-14(2)28-19)20-25-8-5-9-26-20/h4-9,15-17H,1,3,10-13H2,2H3,(H,24,27). The third kappa shape index (κ3) is 4.12. The van der Waals surface area contributed by atoms with E-state index in [1.54, 1.807) is 18.5 Å². The van der Waals surface area contributed by atoms with Gasteiger partial charge in [-0.05, 0) is 62.7 Å². The fourth-order valence-corrected chi connectivity index (χ4v) is 4.02. The highest BCUT2D eigenvalue weighted by Gasteiger charge is 2.47.